The zero-order chi connectivity index (χ0) is 40.1. The van der Waals surface area contributed by atoms with E-state index in [9.17, 15) is 8.22 Å². The fourth-order valence-electron chi connectivity index (χ4n) is 8.08. The summed E-state index contributed by atoms with van der Waals surface area (Å²) < 4.78 is 63.5. The number of benzene rings is 10. The van der Waals surface area contributed by atoms with Gasteiger partial charge < -0.3 is 4.42 Å². The SMILES string of the molecule is [2H]c1c(-c2c3ccccc3c(-c3ccccc3)c3ccccc23)c([2H])c2c([2H])c([2H])c(-c3ccc4c(c3)oc3c(-c5cccc6ccccc56)cccc34)c([2H])c2c1[2H]. The van der Waals surface area contributed by atoms with E-state index in [0.29, 0.717) is 16.7 Å². The predicted molar refractivity (Wildman–Crippen MR) is 225 cm³/mol. The molecule has 0 bridgehead atoms. The van der Waals surface area contributed by atoms with Crippen LogP contribution in [-0.2, 0) is 0 Å². The average Bonchev–Trinajstić information content (AvgIpc) is 3.65. The van der Waals surface area contributed by atoms with Crippen LogP contribution in [0, 0.1) is 0 Å². The first kappa shape index (κ1) is 24.3. The van der Waals surface area contributed by atoms with Gasteiger partial charge in [-0.3, -0.25) is 0 Å². The quantitative estimate of drug-likeness (QED) is 0.169. The fourth-order valence-corrected chi connectivity index (χ4v) is 8.08. The Morgan fingerprint density at radius 2 is 0.887 bits per heavy atom. The van der Waals surface area contributed by atoms with Crippen molar-refractivity contribution in [2.24, 2.45) is 0 Å². The van der Waals surface area contributed by atoms with Crippen molar-refractivity contribution in [3.63, 3.8) is 0 Å². The molecule has 0 radical (unpaired) electrons. The summed E-state index contributed by atoms with van der Waals surface area (Å²) in [7, 11) is 0. The van der Waals surface area contributed by atoms with Gasteiger partial charge in [0.1, 0.15) is 11.2 Å². The Labute approximate surface area is 315 Å². The summed E-state index contributed by atoms with van der Waals surface area (Å²) in [5.74, 6) is 0. The molecule has 1 heteroatoms. The molecule has 0 atom stereocenters. The number of fused-ring (bicyclic) bond motifs is 7. The van der Waals surface area contributed by atoms with E-state index in [-0.39, 0.29) is 58.2 Å². The van der Waals surface area contributed by atoms with Gasteiger partial charge in [-0.1, -0.05) is 170 Å². The highest BCUT2D eigenvalue weighted by atomic mass is 16.3. The van der Waals surface area contributed by atoms with E-state index in [1.54, 1.807) is 6.07 Å². The lowest BCUT2D eigenvalue weighted by Crippen LogP contribution is -1.90. The van der Waals surface area contributed by atoms with Crippen LogP contribution in [0.1, 0.15) is 8.22 Å². The maximum absolute atomic E-state index is 9.70. The second-order valence-corrected chi connectivity index (χ2v) is 13.5. The van der Waals surface area contributed by atoms with Crippen LogP contribution in [0.4, 0.5) is 0 Å². The zero-order valence-electron chi connectivity index (χ0n) is 34.4. The molecule has 0 amide bonds. The van der Waals surface area contributed by atoms with Crippen molar-refractivity contribution in [2.45, 2.75) is 0 Å². The topological polar surface area (TPSA) is 13.1 Å². The maximum Gasteiger partial charge on any atom is 0.143 e. The minimum absolute atomic E-state index is 0.0113. The molecule has 0 N–H and O–H groups in total. The third-order valence-electron chi connectivity index (χ3n) is 10.5. The molecule has 0 fully saturated rings. The molecule has 0 aliphatic rings. The van der Waals surface area contributed by atoms with Gasteiger partial charge >= 0.3 is 0 Å². The lowest BCUT2D eigenvalue weighted by Gasteiger charge is -2.18. The van der Waals surface area contributed by atoms with Crippen LogP contribution in [0.3, 0.4) is 0 Å². The van der Waals surface area contributed by atoms with Crippen LogP contribution in [0.2, 0.25) is 0 Å². The van der Waals surface area contributed by atoms with E-state index in [1.165, 1.54) is 0 Å². The summed E-state index contributed by atoms with van der Waals surface area (Å²) in [6.07, 6.45) is 0. The van der Waals surface area contributed by atoms with E-state index in [4.69, 9.17) is 4.42 Å². The zero-order valence-corrected chi connectivity index (χ0v) is 28.4. The van der Waals surface area contributed by atoms with Gasteiger partial charge in [0.15, 0.2) is 0 Å². The smallest absolute Gasteiger partial charge is 0.143 e. The van der Waals surface area contributed by atoms with Crippen molar-refractivity contribution >= 4 is 65.0 Å². The lowest BCUT2D eigenvalue weighted by atomic mass is 9.85. The Morgan fingerprint density at radius 3 is 1.62 bits per heavy atom. The number of hydrogen-bond donors (Lipinski definition) is 0. The van der Waals surface area contributed by atoms with Gasteiger partial charge in [0.05, 0.1) is 8.22 Å². The molecule has 0 aliphatic carbocycles. The summed E-state index contributed by atoms with van der Waals surface area (Å²) >= 11 is 0. The summed E-state index contributed by atoms with van der Waals surface area (Å²) in [5.41, 5.74) is 6.84. The first-order valence-electron chi connectivity index (χ1n) is 20.8. The molecule has 0 aliphatic heterocycles. The molecular formula is C52H32O. The van der Waals surface area contributed by atoms with Gasteiger partial charge in [-0.2, -0.15) is 0 Å². The molecule has 0 spiro atoms. The molecule has 246 valence electrons. The van der Waals surface area contributed by atoms with Crippen molar-refractivity contribution < 1.29 is 12.6 Å². The fraction of sp³-hybridized carbons (Fsp3) is 0. The van der Waals surface area contributed by atoms with Crippen LogP contribution in [0.25, 0.3) is 110 Å². The molecule has 11 aromatic rings. The van der Waals surface area contributed by atoms with Crippen molar-refractivity contribution in [1.29, 1.82) is 0 Å². The summed E-state index contributed by atoms with van der Waals surface area (Å²) in [5, 5.41) is 7.58. The number of rotatable bonds is 4. The number of para-hydroxylation sites is 1. The van der Waals surface area contributed by atoms with E-state index in [0.717, 1.165) is 70.9 Å². The van der Waals surface area contributed by atoms with Crippen LogP contribution >= 0.6 is 0 Å². The van der Waals surface area contributed by atoms with Crippen LogP contribution in [0.5, 0.6) is 0 Å². The molecule has 53 heavy (non-hydrogen) atoms. The minimum Gasteiger partial charge on any atom is -0.455 e. The molecule has 0 saturated heterocycles. The van der Waals surface area contributed by atoms with Gasteiger partial charge in [-0.05, 0) is 106 Å². The highest BCUT2D eigenvalue weighted by Gasteiger charge is 2.18. The lowest BCUT2D eigenvalue weighted by molar-refractivity contribution is 0.670. The second-order valence-electron chi connectivity index (χ2n) is 13.5. The van der Waals surface area contributed by atoms with Crippen LogP contribution in [-0.4, -0.2) is 0 Å². The molecule has 11 rings (SSSR count). The van der Waals surface area contributed by atoms with Crippen molar-refractivity contribution in [1.82, 2.24) is 0 Å². The van der Waals surface area contributed by atoms with Gasteiger partial charge in [0, 0.05) is 16.3 Å². The van der Waals surface area contributed by atoms with E-state index >= 15 is 0 Å². The molecule has 0 saturated carbocycles. The molecular weight excluding hydrogens is 641 g/mol. The Balaban J connectivity index is 1.13. The average molecular weight is 679 g/mol. The van der Waals surface area contributed by atoms with E-state index in [2.05, 4.69) is 42.5 Å². The normalized spacial score (nSPS) is 13.4. The predicted octanol–water partition coefficient (Wildman–Crippen LogP) is 14.9. The summed E-state index contributed by atoms with van der Waals surface area (Å²) in [6.45, 7) is 0. The van der Waals surface area contributed by atoms with Crippen LogP contribution in [0.15, 0.2) is 198 Å². The highest BCUT2D eigenvalue weighted by Crippen LogP contribution is 2.45. The van der Waals surface area contributed by atoms with Gasteiger partial charge in [-0.25, -0.2) is 0 Å². The molecule has 1 heterocycles. The number of furan rings is 1. The van der Waals surface area contributed by atoms with Crippen molar-refractivity contribution in [3.8, 4) is 44.5 Å². The second kappa shape index (κ2) is 11.8. The third-order valence-corrected chi connectivity index (χ3v) is 10.5. The molecule has 10 aromatic carbocycles. The van der Waals surface area contributed by atoms with Gasteiger partial charge in [0.2, 0.25) is 0 Å². The highest BCUT2D eigenvalue weighted by molar-refractivity contribution is 6.22. The Bertz CT molecular complexity index is 3510. The van der Waals surface area contributed by atoms with Gasteiger partial charge in [0.25, 0.3) is 0 Å². The van der Waals surface area contributed by atoms with Crippen molar-refractivity contribution in [3.05, 3.63) is 194 Å². The maximum atomic E-state index is 9.70. The van der Waals surface area contributed by atoms with Crippen molar-refractivity contribution in [2.75, 3.05) is 0 Å². The summed E-state index contributed by atoms with van der Waals surface area (Å²) in [6, 6.07) is 50.9. The Kier molecular flexibility index (Phi) is 5.40. The van der Waals surface area contributed by atoms with E-state index < -0.39 is 0 Å². The third kappa shape index (κ3) is 4.71. The largest absolute Gasteiger partial charge is 0.455 e. The number of hydrogen-bond acceptors (Lipinski definition) is 1. The minimum atomic E-state index is -0.261. The molecule has 1 aromatic heterocycles. The Hall–Kier alpha value is -6.96. The first-order valence-corrected chi connectivity index (χ1v) is 17.8. The monoisotopic (exact) mass is 678 g/mol. The summed E-state index contributed by atoms with van der Waals surface area (Å²) in [4.78, 5) is 0. The Morgan fingerprint density at radius 1 is 0.340 bits per heavy atom. The molecule has 1 nitrogen and oxygen atoms in total. The van der Waals surface area contributed by atoms with Crippen LogP contribution < -0.4 is 0 Å². The van der Waals surface area contributed by atoms with E-state index in [1.807, 2.05) is 109 Å². The standard InChI is InChI=1S/C52H32O/c1-2-13-34(14-3-1)50-43-17-6-8-19-45(43)51(46-20-9-7-18-44(46)50)39-27-26-35-30-36(24-25-37(35)31-39)38-28-29-42-48-23-11-22-47(52(48)53-49(42)32-38)41-21-10-15-33-12-4-5-16-40(33)41/h1-32H/i24D,25D,26D,27D,30D,31D. The van der Waals surface area contributed by atoms with Gasteiger partial charge in [-0.15, -0.1) is 0 Å². The molecule has 0 unspecified atom stereocenters. The first-order chi connectivity index (χ1) is 28.8.